The average molecular weight is 231 g/mol. The van der Waals surface area contributed by atoms with Gasteiger partial charge in [-0.1, -0.05) is 27.2 Å². The number of carbonyl (C=O) groups excluding carboxylic acids is 1. The van der Waals surface area contributed by atoms with Crippen LogP contribution in [0.2, 0.25) is 0 Å². The maximum Gasteiger partial charge on any atom is 0.223 e. The summed E-state index contributed by atoms with van der Waals surface area (Å²) in [6.07, 6.45) is 1.27. The predicted octanol–water partition coefficient (Wildman–Crippen LogP) is 1.18. The third-order valence-corrected chi connectivity index (χ3v) is 2.61. The van der Waals surface area contributed by atoms with Crippen molar-refractivity contribution < 1.29 is 14.6 Å². The van der Waals surface area contributed by atoms with Crippen molar-refractivity contribution in [1.82, 2.24) is 5.32 Å². The second-order valence-corrected chi connectivity index (χ2v) is 4.49. The number of methoxy groups -OCH3 is 1. The molecule has 4 heteroatoms. The van der Waals surface area contributed by atoms with Crippen LogP contribution in [-0.2, 0) is 9.53 Å². The molecule has 0 bridgehead atoms. The van der Waals surface area contributed by atoms with Gasteiger partial charge < -0.3 is 15.2 Å². The normalized spacial score (nSPS) is 14.9. The lowest BCUT2D eigenvalue weighted by Gasteiger charge is -2.20. The van der Waals surface area contributed by atoms with Gasteiger partial charge >= 0.3 is 0 Å². The highest BCUT2D eigenvalue weighted by atomic mass is 16.5. The summed E-state index contributed by atoms with van der Waals surface area (Å²) in [5.74, 6) is 0.409. The fraction of sp³-hybridized carbons (Fsp3) is 0.917. The van der Waals surface area contributed by atoms with Gasteiger partial charge in [-0.15, -0.1) is 0 Å². The summed E-state index contributed by atoms with van der Waals surface area (Å²) in [6.45, 7) is 6.68. The number of nitrogens with one attached hydrogen (secondary N) is 1. The minimum atomic E-state index is -0.622. The van der Waals surface area contributed by atoms with E-state index in [4.69, 9.17) is 4.74 Å². The lowest BCUT2D eigenvalue weighted by molar-refractivity contribution is -0.127. The molecule has 0 radical (unpaired) electrons. The van der Waals surface area contributed by atoms with Crippen LogP contribution in [0, 0.1) is 11.8 Å². The Hall–Kier alpha value is -0.610. The Morgan fingerprint density at radius 1 is 1.44 bits per heavy atom. The van der Waals surface area contributed by atoms with Gasteiger partial charge in [-0.05, 0) is 12.3 Å². The molecule has 4 nitrogen and oxygen atoms in total. The van der Waals surface area contributed by atoms with Crippen molar-refractivity contribution in [3.8, 4) is 0 Å². The average Bonchev–Trinajstić information content (AvgIpc) is 2.22. The van der Waals surface area contributed by atoms with E-state index in [1.54, 1.807) is 0 Å². The van der Waals surface area contributed by atoms with Crippen molar-refractivity contribution >= 4 is 5.91 Å². The minimum Gasteiger partial charge on any atom is -0.389 e. The molecule has 1 amide bonds. The molecule has 0 spiro atoms. The van der Waals surface area contributed by atoms with Crippen LogP contribution < -0.4 is 5.32 Å². The molecule has 16 heavy (non-hydrogen) atoms. The first-order valence-electron chi connectivity index (χ1n) is 5.97. The summed E-state index contributed by atoms with van der Waals surface area (Å²) in [4.78, 5) is 11.8. The number of ether oxygens (including phenoxy) is 1. The fourth-order valence-electron chi connectivity index (χ4n) is 1.68. The van der Waals surface area contributed by atoms with E-state index in [2.05, 4.69) is 12.2 Å². The van der Waals surface area contributed by atoms with Crippen molar-refractivity contribution in [3.05, 3.63) is 0 Å². The zero-order chi connectivity index (χ0) is 12.6. The molecule has 0 fully saturated rings. The van der Waals surface area contributed by atoms with E-state index < -0.39 is 6.10 Å². The first kappa shape index (κ1) is 15.4. The first-order valence-corrected chi connectivity index (χ1v) is 5.97. The number of amides is 1. The zero-order valence-corrected chi connectivity index (χ0v) is 10.8. The van der Waals surface area contributed by atoms with Crippen LogP contribution in [0.25, 0.3) is 0 Å². The third kappa shape index (κ3) is 6.08. The summed E-state index contributed by atoms with van der Waals surface area (Å²) in [5.41, 5.74) is 0. The second kappa shape index (κ2) is 8.53. The molecule has 2 atom stereocenters. The summed E-state index contributed by atoms with van der Waals surface area (Å²) < 4.78 is 4.79. The highest BCUT2D eigenvalue weighted by Crippen LogP contribution is 2.16. The highest BCUT2D eigenvalue weighted by molar-refractivity contribution is 5.78. The lowest BCUT2D eigenvalue weighted by Crippen LogP contribution is -2.39. The van der Waals surface area contributed by atoms with Gasteiger partial charge in [0.15, 0.2) is 0 Å². The topological polar surface area (TPSA) is 58.6 Å². The Bertz CT molecular complexity index is 195. The van der Waals surface area contributed by atoms with Crippen LogP contribution in [0.4, 0.5) is 0 Å². The number of hydrogen-bond donors (Lipinski definition) is 2. The minimum absolute atomic E-state index is 0.0343. The Labute approximate surface area is 98.4 Å². The molecule has 0 aromatic carbocycles. The van der Waals surface area contributed by atoms with Gasteiger partial charge in [-0.3, -0.25) is 4.79 Å². The van der Waals surface area contributed by atoms with Crippen molar-refractivity contribution in [3.63, 3.8) is 0 Å². The molecule has 0 aliphatic heterocycles. The van der Waals surface area contributed by atoms with Crippen LogP contribution in [0.1, 0.15) is 33.6 Å². The van der Waals surface area contributed by atoms with E-state index in [0.717, 1.165) is 12.8 Å². The molecule has 0 aromatic heterocycles. The van der Waals surface area contributed by atoms with Crippen LogP contribution in [0.5, 0.6) is 0 Å². The molecule has 0 aliphatic rings. The van der Waals surface area contributed by atoms with Gasteiger partial charge in [0.2, 0.25) is 5.91 Å². The van der Waals surface area contributed by atoms with Gasteiger partial charge in [0.1, 0.15) is 0 Å². The standard InChI is InChI=1S/C12H25NO3/c1-5-6-11(9(2)3)12(15)13-7-10(14)8-16-4/h9-11,14H,5-8H2,1-4H3,(H,13,15). The van der Waals surface area contributed by atoms with E-state index >= 15 is 0 Å². The molecule has 0 heterocycles. The molecule has 0 rings (SSSR count). The van der Waals surface area contributed by atoms with Gasteiger partial charge in [-0.2, -0.15) is 0 Å². The molecule has 0 aliphatic carbocycles. The Kier molecular flexibility index (Phi) is 8.21. The number of aliphatic hydroxyl groups excluding tert-OH is 1. The summed E-state index contributed by atoms with van der Waals surface area (Å²) in [6, 6.07) is 0. The third-order valence-electron chi connectivity index (χ3n) is 2.61. The summed E-state index contributed by atoms with van der Waals surface area (Å²) in [5, 5.41) is 12.2. The van der Waals surface area contributed by atoms with Gasteiger partial charge in [0.05, 0.1) is 12.7 Å². The Balaban J connectivity index is 4.00. The van der Waals surface area contributed by atoms with E-state index in [9.17, 15) is 9.90 Å². The maximum absolute atomic E-state index is 11.8. The molecule has 96 valence electrons. The smallest absolute Gasteiger partial charge is 0.223 e. The molecule has 0 saturated heterocycles. The zero-order valence-electron chi connectivity index (χ0n) is 10.8. The molecule has 0 saturated carbocycles. The SMILES string of the molecule is CCCC(C(=O)NCC(O)COC)C(C)C. The molecular weight excluding hydrogens is 206 g/mol. The van der Waals surface area contributed by atoms with Crippen LogP contribution >= 0.6 is 0 Å². The van der Waals surface area contributed by atoms with E-state index in [0.29, 0.717) is 5.92 Å². The predicted molar refractivity (Wildman–Crippen MR) is 64.1 cm³/mol. The van der Waals surface area contributed by atoms with Crippen LogP contribution in [0.15, 0.2) is 0 Å². The summed E-state index contributed by atoms with van der Waals surface area (Å²) >= 11 is 0. The highest BCUT2D eigenvalue weighted by Gasteiger charge is 2.21. The quantitative estimate of drug-likeness (QED) is 0.659. The fourth-order valence-corrected chi connectivity index (χ4v) is 1.68. The number of carbonyl (C=O) groups is 1. The molecular formula is C12H25NO3. The van der Waals surface area contributed by atoms with Crippen LogP contribution in [0.3, 0.4) is 0 Å². The number of aliphatic hydroxyl groups is 1. The number of rotatable bonds is 8. The molecule has 2 unspecified atom stereocenters. The number of hydrogen-bond acceptors (Lipinski definition) is 3. The van der Waals surface area contributed by atoms with Gasteiger partial charge in [0, 0.05) is 19.6 Å². The second-order valence-electron chi connectivity index (χ2n) is 4.49. The van der Waals surface area contributed by atoms with Crippen molar-refractivity contribution in [2.45, 2.75) is 39.7 Å². The molecule has 2 N–H and O–H groups in total. The molecule has 0 aromatic rings. The first-order chi connectivity index (χ1) is 7.52. The van der Waals surface area contributed by atoms with Gasteiger partial charge in [0.25, 0.3) is 0 Å². The summed E-state index contributed by atoms with van der Waals surface area (Å²) in [7, 11) is 1.53. The largest absolute Gasteiger partial charge is 0.389 e. The van der Waals surface area contributed by atoms with Gasteiger partial charge in [-0.25, -0.2) is 0 Å². The maximum atomic E-state index is 11.8. The Morgan fingerprint density at radius 2 is 2.06 bits per heavy atom. The van der Waals surface area contributed by atoms with Crippen molar-refractivity contribution in [2.75, 3.05) is 20.3 Å². The Morgan fingerprint density at radius 3 is 2.50 bits per heavy atom. The van der Waals surface area contributed by atoms with Crippen molar-refractivity contribution in [1.29, 1.82) is 0 Å². The van der Waals surface area contributed by atoms with E-state index in [-0.39, 0.29) is 25.0 Å². The monoisotopic (exact) mass is 231 g/mol. The van der Waals surface area contributed by atoms with Crippen molar-refractivity contribution in [2.24, 2.45) is 11.8 Å². The van der Waals surface area contributed by atoms with E-state index in [1.807, 2.05) is 13.8 Å². The lowest BCUT2D eigenvalue weighted by atomic mass is 9.90. The van der Waals surface area contributed by atoms with E-state index in [1.165, 1.54) is 7.11 Å². The van der Waals surface area contributed by atoms with Crippen LogP contribution in [-0.4, -0.2) is 37.4 Å².